The van der Waals surface area contributed by atoms with Crippen molar-refractivity contribution in [3.8, 4) is 0 Å². The van der Waals surface area contributed by atoms with Crippen LogP contribution in [-0.4, -0.2) is 28.8 Å². The van der Waals surface area contributed by atoms with Crippen LogP contribution >= 0.6 is 0 Å². The Kier molecular flexibility index (Phi) is 2.85. The fourth-order valence-electron chi connectivity index (χ4n) is 3.22. The Hall–Kier alpha value is -1.84. The first kappa shape index (κ1) is 13.2. The van der Waals surface area contributed by atoms with Gasteiger partial charge in [0.2, 0.25) is 5.91 Å². The molecule has 1 heterocycles. The van der Waals surface area contributed by atoms with E-state index < -0.39 is 5.54 Å². The predicted molar refractivity (Wildman–Crippen MR) is 75.9 cm³/mol. The van der Waals surface area contributed by atoms with Gasteiger partial charge in [-0.3, -0.25) is 9.59 Å². The lowest BCUT2D eigenvalue weighted by molar-refractivity contribution is -0.159. The lowest BCUT2D eigenvalue weighted by atomic mass is 9.75. The van der Waals surface area contributed by atoms with Crippen LogP contribution in [-0.2, 0) is 15.1 Å². The zero-order valence-electron chi connectivity index (χ0n) is 12.0. The highest BCUT2D eigenvalue weighted by Crippen LogP contribution is 2.40. The first-order valence-electron chi connectivity index (χ1n) is 7.14. The first-order chi connectivity index (χ1) is 9.46. The van der Waals surface area contributed by atoms with Gasteiger partial charge in [-0.25, -0.2) is 0 Å². The molecule has 0 spiro atoms. The summed E-state index contributed by atoms with van der Waals surface area (Å²) in [6.45, 7) is 4.06. The molecule has 2 fully saturated rings. The molecule has 106 valence electrons. The van der Waals surface area contributed by atoms with Crippen LogP contribution in [0.2, 0.25) is 0 Å². The van der Waals surface area contributed by atoms with Gasteiger partial charge >= 0.3 is 0 Å². The molecule has 4 nitrogen and oxygen atoms in total. The van der Waals surface area contributed by atoms with Crippen LogP contribution in [0.25, 0.3) is 0 Å². The highest BCUT2D eigenvalue weighted by atomic mass is 16.2. The Bertz CT molecular complexity index is 551. The van der Waals surface area contributed by atoms with Crippen molar-refractivity contribution in [2.24, 2.45) is 0 Å². The van der Waals surface area contributed by atoms with E-state index >= 15 is 0 Å². The Labute approximate surface area is 119 Å². The molecule has 0 bridgehead atoms. The second-order valence-electron chi connectivity index (χ2n) is 6.28. The molecule has 0 radical (unpaired) electrons. The number of rotatable bonds is 2. The SMILES string of the molecule is CC1(c2ccccc2)NC(=O)CN(C2(C)CCC2)C1=O. The predicted octanol–water partition coefficient (Wildman–Crippen LogP) is 1.80. The van der Waals surface area contributed by atoms with Gasteiger partial charge in [-0.05, 0) is 38.7 Å². The van der Waals surface area contributed by atoms with Gasteiger partial charge in [-0.2, -0.15) is 0 Å². The molecule has 2 amide bonds. The maximum Gasteiger partial charge on any atom is 0.253 e. The van der Waals surface area contributed by atoms with Crippen molar-refractivity contribution in [2.45, 2.75) is 44.2 Å². The number of hydrogen-bond acceptors (Lipinski definition) is 2. The number of carbonyl (C=O) groups is 2. The van der Waals surface area contributed by atoms with Gasteiger partial charge in [0.25, 0.3) is 5.91 Å². The average Bonchev–Trinajstić information content (AvgIpc) is 2.41. The molecule has 1 aliphatic heterocycles. The van der Waals surface area contributed by atoms with E-state index in [1.54, 1.807) is 11.8 Å². The molecule has 1 saturated heterocycles. The summed E-state index contributed by atoms with van der Waals surface area (Å²) in [5.41, 5.74) is -0.258. The maximum atomic E-state index is 12.9. The largest absolute Gasteiger partial charge is 0.337 e. The van der Waals surface area contributed by atoms with Crippen LogP contribution in [0.15, 0.2) is 30.3 Å². The zero-order chi connectivity index (χ0) is 14.4. The zero-order valence-corrected chi connectivity index (χ0v) is 12.0. The monoisotopic (exact) mass is 272 g/mol. The second-order valence-corrected chi connectivity index (χ2v) is 6.28. The quantitative estimate of drug-likeness (QED) is 0.892. The summed E-state index contributed by atoms with van der Waals surface area (Å²) >= 11 is 0. The Balaban J connectivity index is 1.99. The number of amides is 2. The normalized spacial score (nSPS) is 28.8. The summed E-state index contributed by atoms with van der Waals surface area (Å²) in [7, 11) is 0. The van der Waals surface area contributed by atoms with Crippen molar-refractivity contribution >= 4 is 11.8 Å². The summed E-state index contributed by atoms with van der Waals surface area (Å²) in [4.78, 5) is 26.8. The summed E-state index contributed by atoms with van der Waals surface area (Å²) in [6, 6.07) is 9.48. The van der Waals surface area contributed by atoms with Crippen LogP contribution in [0.3, 0.4) is 0 Å². The minimum Gasteiger partial charge on any atom is -0.337 e. The van der Waals surface area contributed by atoms with Crippen molar-refractivity contribution in [1.82, 2.24) is 10.2 Å². The van der Waals surface area contributed by atoms with Gasteiger partial charge in [0.1, 0.15) is 12.1 Å². The van der Waals surface area contributed by atoms with E-state index in [4.69, 9.17) is 0 Å². The summed E-state index contributed by atoms with van der Waals surface area (Å²) in [6.07, 6.45) is 3.09. The molecule has 20 heavy (non-hydrogen) atoms. The van der Waals surface area contributed by atoms with E-state index in [-0.39, 0.29) is 23.9 Å². The van der Waals surface area contributed by atoms with Gasteiger partial charge in [-0.15, -0.1) is 0 Å². The number of nitrogens with one attached hydrogen (secondary N) is 1. The molecular weight excluding hydrogens is 252 g/mol. The summed E-state index contributed by atoms with van der Waals surface area (Å²) in [5, 5.41) is 2.88. The topological polar surface area (TPSA) is 49.4 Å². The first-order valence-corrected chi connectivity index (χ1v) is 7.14. The molecule has 1 unspecified atom stereocenters. The molecule has 1 N–H and O–H groups in total. The summed E-state index contributed by atoms with van der Waals surface area (Å²) < 4.78 is 0. The second kappa shape index (κ2) is 4.33. The lowest BCUT2D eigenvalue weighted by Gasteiger charge is -2.52. The number of piperazine rings is 1. The van der Waals surface area contributed by atoms with Crippen molar-refractivity contribution in [2.75, 3.05) is 6.54 Å². The molecule has 1 aromatic rings. The third-order valence-electron chi connectivity index (χ3n) is 4.80. The van der Waals surface area contributed by atoms with Crippen molar-refractivity contribution in [3.05, 3.63) is 35.9 Å². The molecule has 0 aromatic heterocycles. The highest BCUT2D eigenvalue weighted by Gasteiger charge is 2.51. The van der Waals surface area contributed by atoms with E-state index in [0.717, 1.165) is 24.8 Å². The van der Waals surface area contributed by atoms with Gasteiger partial charge in [0.05, 0.1) is 0 Å². The fourth-order valence-corrected chi connectivity index (χ4v) is 3.22. The number of hydrogen-bond donors (Lipinski definition) is 1. The van der Waals surface area contributed by atoms with Crippen LogP contribution in [0, 0.1) is 0 Å². The smallest absolute Gasteiger partial charge is 0.253 e. The minimum atomic E-state index is -0.949. The van der Waals surface area contributed by atoms with Crippen molar-refractivity contribution in [3.63, 3.8) is 0 Å². The average molecular weight is 272 g/mol. The number of benzene rings is 1. The third-order valence-corrected chi connectivity index (χ3v) is 4.80. The molecule has 4 heteroatoms. The van der Waals surface area contributed by atoms with E-state index in [1.807, 2.05) is 30.3 Å². The van der Waals surface area contributed by atoms with E-state index in [9.17, 15) is 9.59 Å². The molecule has 3 rings (SSSR count). The van der Waals surface area contributed by atoms with E-state index in [2.05, 4.69) is 12.2 Å². The van der Waals surface area contributed by atoms with Crippen LogP contribution < -0.4 is 5.32 Å². The Morgan fingerprint density at radius 3 is 2.30 bits per heavy atom. The van der Waals surface area contributed by atoms with Crippen molar-refractivity contribution in [1.29, 1.82) is 0 Å². The molecule has 1 aromatic carbocycles. The highest BCUT2D eigenvalue weighted by molar-refractivity contribution is 5.98. The maximum absolute atomic E-state index is 12.9. The molecule has 1 aliphatic carbocycles. The van der Waals surface area contributed by atoms with E-state index in [0.29, 0.717) is 0 Å². The molecule has 2 aliphatic rings. The van der Waals surface area contributed by atoms with Crippen LogP contribution in [0.4, 0.5) is 0 Å². The van der Waals surface area contributed by atoms with E-state index in [1.165, 1.54) is 0 Å². The minimum absolute atomic E-state index is 0.00509. The Morgan fingerprint density at radius 2 is 1.75 bits per heavy atom. The van der Waals surface area contributed by atoms with Gasteiger partial charge in [0, 0.05) is 5.54 Å². The van der Waals surface area contributed by atoms with Gasteiger partial charge in [-0.1, -0.05) is 30.3 Å². The lowest BCUT2D eigenvalue weighted by Crippen LogP contribution is -2.69. The Morgan fingerprint density at radius 1 is 1.10 bits per heavy atom. The van der Waals surface area contributed by atoms with Crippen LogP contribution in [0.1, 0.15) is 38.7 Å². The standard InChI is InChI=1S/C16H20N2O2/c1-15(9-6-10-15)18-11-13(19)17-16(2,14(18)20)12-7-4-3-5-8-12/h3-5,7-8H,6,9-11H2,1-2H3,(H,17,19). The fraction of sp³-hybridized carbons (Fsp3) is 0.500. The van der Waals surface area contributed by atoms with Crippen LogP contribution in [0.5, 0.6) is 0 Å². The van der Waals surface area contributed by atoms with Crippen molar-refractivity contribution < 1.29 is 9.59 Å². The number of carbonyl (C=O) groups excluding carboxylic acids is 2. The van der Waals surface area contributed by atoms with Gasteiger partial charge < -0.3 is 10.2 Å². The summed E-state index contributed by atoms with van der Waals surface area (Å²) in [5.74, 6) is -0.0745. The number of nitrogens with zero attached hydrogens (tertiary/aromatic N) is 1. The molecule has 1 atom stereocenters. The third kappa shape index (κ3) is 1.82. The molecule has 1 saturated carbocycles. The molecular formula is C16H20N2O2. The van der Waals surface area contributed by atoms with Gasteiger partial charge in [0.15, 0.2) is 0 Å².